The van der Waals surface area contributed by atoms with Crippen LogP contribution in [0.3, 0.4) is 0 Å². The van der Waals surface area contributed by atoms with Gasteiger partial charge in [0.05, 0.1) is 5.03 Å². The molecule has 0 aromatic carbocycles. The van der Waals surface area contributed by atoms with E-state index in [1.165, 1.54) is 0 Å². The summed E-state index contributed by atoms with van der Waals surface area (Å²) >= 11 is 88.0. The molecule has 23 heavy (non-hydrogen) atoms. The summed E-state index contributed by atoms with van der Waals surface area (Å²) in [4.78, 5) is 0. The predicted molar refractivity (Wildman–Crippen MR) is 112 cm³/mol. The minimum Gasteiger partial charge on any atom is -0.115 e. The van der Waals surface area contributed by atoms with Crippen LogP contribution in [0.1, 0.15) is 0 Å². The Morgan fingerprint density at radius 3 is 1.22 bits per heavy atom. The highest BCUT2D eigenvalue weighted by Crippen LogP contribution is 2.66. The number of hydrogen-bond acceptors (Lipinski definition) is 0. The molecule has 0 N–H and O–H groups in total. The fourth-order valence-corrected chi connectivity index (χ4v) is 5.30. The van der Waals surface area contributed by atoms with Gasteiger partial charge in [0.25, 0.3) is 0 Å². The molecular weight excluding hydrogens is 628 g/mol. The van der Waals surface area contributed by atoms with Crippen LogP contribution in [0.15, 0.2) is 9.52 Å². The molecule has 1 unspecified atom stereocenters. The number of allylic oxidation sites excluding steroid dienone is 1. The minimum absolute atomic E-state index is 0.579. The van der Waals surface area contributed by atoms with Crippen LogP contribution in [0.4, 0.5) is 0 Å². The van der Waals surface area contributed by atoms with Crippen LogP contribution in [0.5, 0.6) is 0 Å². The quantitative estimate of drug-likeness (QED) is 0.266. The molecule has 0 aromatic heterocycles. The lowest BCUT2D eigenvalue weighted by molar-refractivity contribution is 0.542. The Bertz CT molecular complexity index is 464. The molecule has 0 spiro atoms. The molecule has 0 rings (SSSR count). The summed E-state index contributed by atoms with van der Waals surface area (Å²) in [6, 6.07) is 0. The largest absolute Gasteiger partial charge is 0.209 e. The summed E-state index contributed by atoms with van der Waals surface area (Å²) in [5, 5.41) is -2.35. The van der Waals surface area contributed by atoms with E-state index in [4.69, 9.17) is 174 Å². The standard InChI is InChI=1S/C8HCl15/c9-1(2(10)11)4(13,14)7(20,21)8(22,23)5(15,16)3(12)6(17,18)19/h3H. The zero-order valence-corrected chi connectivity index (χ0v) is 21.1. The van der Waals surface area contributed by atoms with Crippen molar-refractivity contribution >= 4 is 174 Å². The minimum atomic E-state index is -2.66. The summed E-state index contributed by atoms with van der Waals surface area (Å²) in [6.07, 6.45) is 0. The van der Waals surface area contributed by atoms with Crippen LogP contribution < -0.4 is 0 Å². The van der Waals surface area contributed by atoms with Gasteiger partial charge in [-0.25, -0.2) is 0 Å². The first-order chi connectivity index (χ1) is 9.76. The lowest BCUT2D eigenvalue weighted by atomic mass is 10.1. The summed E-state index contributed by atoms with van der Waals surface area (Å²) in [7, 11) is 0. The van der Waals surface area contributed by atoms with Gasteiger partial charge in [-0.1, -0.05) is 162 Å². The van der Waals surface area contributed by atoms with Crippen molar-refractivity contribution in [3.63, 3.8) is 0 Å². The first kappa shape index (κ1) is 27.1. The van der Waals surface area contributed by atoms with E-state index in [0.717, 1.165) is 0 Å². The first-order valence-corrected chi connectivity index (χ1v) is 10.4. The molecule has 0 saturated heterocycles. The summed E-state index contributed by atoms with van der Waals surface area (Å²) in [5.41, 5.74) is 0. The van der Waals surface area contributed by atoms with Gasteiger partial charge in [0.15, 0.2) is 17.3 Å². The lowest BCUT2D eigenvalue weighted by Gasteiger charge is -2.48. The Kier molecular flexibility index (Phi) is 10.4. The maximum absolute atomic E-state index is 6.09. The van der Waals surface area contributed by atoms with Gasteiger partial charge in [-0.2, -0.15) is 0 Å². The van der Waals surface area contributed by atoms with Crippen molar-refractivity contribution in [1.29, 1.82) is 0 Å². The van der Waals surface area contributed by atoms with E-state index in [1.54, 1.807) is 0 Å². The predicted octanol–water partition coefficient (Wildman–Crippen LogP) is 9.55. The molecule has 0 saturated carbocycles. The van der Waals surface area contributed by atoms with Crippen molar-refractivity contribution in [2.75, 3.05) is 0 Å². The highest BCUT2D eigenvalue weighted by Gasteiger charge is 2.72. The number of hydrogen-bond donors (Lipinski definition) is 0. The van der Waals surface area contributed by atoms with Gasteiger partial charge >= 0.3 is 0 Å². The first-order valence-electron chi connectivity index (χ1n) is 4.69. The molecule has 0 heterocycles. The monoisotopic (exact) mass is 622 g/mol. The fourth-order valence-electron chi connectivity index (χ4n) is 1.03. The average molecular weight is 629 g/mol. The molecule has 1 atom stereocenters. The molecule has 0 nitrogen and oxygen atoms in total. The molecule has 0 radical (unpaired) electrons. The van der Waals surface area contributed by atoms with Crippen molar-refractivity contribution in [2.24, 2.45) is 0 Å². The third kappa shape index (κ3) is 5.37. The van der Waals surface area contributed by atoms with Gasteiger partial charge < -0.3 is 0 Å². The van der Waals surface area contributed by atoms with E-state index in [1.807, 2.05) is 0 Å². The molecule has 15 heteroatoms. The van der Waals surface area contributed by atoms with E-state index in [-0.39, 0.29) is 0 Å². The molecule has 0 aromatic rings. The Balaban J connectivity index is 6.23. The van der Waals surface area contributed by atoms with Gasteiger partial charge in [0.2, 0.25) is 3.79 Å². The highest BCUT2D eigenvalue weighted by atomic mass is 35.6. The lowest BCUT2D eigenvalue weighted by Crippen LogP contribution is -2.62. The smallest absolute Gasteiger partial charge is 0.115 e. The molecule has 0 aliphatic carbocycles. The maximum atomic E-state index is 6.09. The maximum Gasteiger partial charge on any atom is 0.209 e. The van der Waals surface area contributed by atoms with E-state index >= 15 is 0 Å². The summed E-state index contributed by atoms with van der Waals surface area (Å²) < 4.78 is -13.1. The normalized spacial score (nSPS) is 16.3. The van der Waals surface area contributed by atoms with Crippen LogP contribution in [0.2, 0.25) is 0 Å². The van der Waals surface area contributed by atoms with E-state index in [0.29, 0.717) is 0 Å². The van der Waals surface area contributed by atoms with Gasteiger partial charge in [0.1, 0.15) is 9.87 Å². The number of rotatable bonds is 5. The Morgan fingerprint density at radius 2 is 0.957 bits per heavy atom. The Morgan fingerprint density at radius 1 is 0.609 bits per heavy atom. The molecule has 138 valence electrons. The third-order valence-electron chi connectivity index (χ3n) is 2.25. The van der Waals surface area contributed by atoms with Crippen LogP contribution >= 0.6 is 174 Å². The van der Waals surface area contributed by atoms with E-state index < -0.39 is 36.0 Å². The van der Waals surface area contributed by atoms with E-state index in [2.05, 4.69) is 0 Å². The molecule has 0 bridgehead atoms. The van der Waals surface area contributed by atoms with Crippen molar-refractivity contribution in [1.82, 2.24) is 0 Å². The number of halogens is 15. The third-order valence-corrected chi connectivity index (χ3v) is 10.8. The summed E-state index contributed by atoms with van der Waals surface area (Å²) in [6.45, 7) is 0. The van der Waals surface area contributed by atoms with Crippen molar-refractivity contribution in [2.45, 2.75) is 26.5 Å². The zero-order chi connectivity index (χ0) is 19.2. The van der Waals surface area contributed by atoms with Crippen LogP contribution in [0.25, 0.3) is 0 Å². The topological polar surface area (TPSA) is 0 Å². The molecular formula is C8HCl15. The van der Waals surface area contributed by atoms with Gasteiger partial charge in [-0.3, -0.25) is 0 Å². The Hall–Kier alpha value is 4.09. The van der Waals surface area contributed by atoms with Gasteiger partial charge in [-0.15, -0.1) is 11.6 Å². The molecule has 0 fully saturated rings. The number of alkyl halides is 12. The fraction of sp³-hybridized carbons (Fsp3) is 0.750. The van der Waals surface area contributed by atoms with E-state index in [9.17, 15) is 0 Å². The van der Waals surface area contributed by atoms with Crippen molar-refractivity contribution in [3.8, 4) is 0 Å². The van der Waals surface area contributed by atoms with Crippen molar-refractivity contribution in [3.05, 3.63) is 9.52 Å². The SMILES string of the molecule is ClC(Cl)=C(Cl)C(Cl)(Cl)C(Cl)(Cl)C(Cl)(Cl)C(Cl)(Cl)C(Cl)C(Cl)(Cl)Cl. The zero-order valence-electron chi connectivity index (χ0n) is 9.75. The molecule has 0 aliphatic heterocycles. The Labute approximate surface area is 207 Å². The second-order valence-corrected chi connectivity index (χ2v) is 13.3. The molecule has 0 aliphatic rings. The average Bonchev–Trinajstić information content (AvgIpc) is 2.34. The van der Waals surface area contributed by atoms with Gasteiger partial charge in [-0.05, 0) is 0 Å². The highest BCUT2D eigenvalue weighted by molar-refractivity contribution is 6.78. The van der Waals surface area contributed by atoms with Crippen LogP contribution in [-0.2, 0) is 0 Å². The van der Waals surface area contributed by atoms with Crippen molar-refractivity contribution < 1.29 is 0 Å². The van der Waals surface area contributed by atoms with Crippen LogP contribution in [-0.4, -0.2) is 26.5 Å². The summed E-state index contributed by atoms with van der Waals surface area (Å²) in [5.74, 6) is 0. The van der Waals surface area contributed by atoms with Crippen LogP contribution in [0, 0.1) is 0 Å². The second-order valence-electron chi connectivity index (χ2n) is 3.82. The second kappa shape index (κ2) is 8.85. The van der Waals surface area contributed by atoms with Gasteiger partial charge in [0, 0.05) is 0 Å². The molecule has 0 amide bonds.